The number of halogens is 3. The van der Waals surface area contributed by atoms with E-state index in [4.69, 9.17) is 4.74 Å². The fourth-order valence-electron chi connectivity index (χ4n) is 2.10. The first-order valence-electron chi connectivity index (χ1n) is 5.75. The summed E-state index contributed by atoms with van der Waals surface area (Å²) in [4.78, 5) is 0. The molecule has 0 radical (unpaired) electrons. The lowest BCUT2D eigenvalue weighted by Gasteiger charge is -2.07. The third-order valence-corrected chi connectivity index (χ3v) is 4.06. The van der Waals surface area contributed by atoms with Crippen LogP contribution < -0.4 is 4.74 Å². The van der Waals surface area contributed by atoms with Crippen LogP contribution in [-0.4, -0.2) is 6.61 Å². The van der Waals surface area contributed by atoms with Gasteiger partial charge in [0.2, 0.25) is 5.82 Å². The van der Waals surface area contributed by atoms with Crippen molar-refractivity contribution >= 4 is 31.5 Å². The standard InChI is InChI=1S/C14H9F3OS/c1-2-18-13-12(17)11(16)10(15)9-7-5-3-4-6-8(7)19-14(9)13/h3-6H,2H2,1H3. The average molecular weight is 282 g/mol. The molecule has 3 aromatic rings. The van der Waals surface area contributed by atoms with Crippen molar-refractivity contribution in [3.8, 4) is 5.75 Å². The molecule has 0 bridgehead atoms. The largest absolute Gasteiger partial charge is 0.489 e. The molecular weight excluding hydrogens is 273 g/mol. The molecule has 2 aromatic carbocycles. The summed E-state index contributed by atoms with van der Waals surface area (Å²) < 4.78 is 47.6. The van der Waals surface area contributed by atoms with Gasteiger partial charge in [-0.15, -0.1) is 11.3 Å². The topological polar surface area (TPSA) is 9.23 Å². The number of hydrogen-bond donors (Lipinski definition) is 0. The van der Waals surface area contributed by atoms with Crippen molar-refractivity contribution in [2.24, 2.45) is 0 Å². The molecule has 0 aliphatic rings. The summed E-state index contributed by atoms with van der Waals surface area (Å²) in [5, 5.41) is 0.655. The van der Waals surface area contributed by atoms with Crippen molar-refractivity contribution in [2.45, 2.75) is 6.92 Å². The molecule has 1 heterocycles. The molecule has 3 rings (SSSR count). The Hall–Kier alpha value is -1.75. The minimum Gasteiger partial charge on any atom is -0.489 e. The van der Waals surface area contributed by atoms with Crippen molar-refractivity contribution in [3.05, 3.63) is 41.7 Å². The first kappa shape index (κ1) is 12.3. The summed E-state index contributed by atoms with van der Waals surface area (Å²) in [6.07, 6.45) is 0. The monoisotopic (exact) mass is 282 g/mol. The number of benzene rings is 2. The third-order valence-electron chi connectivity index (χ3n) is 2.89. The quantitative estimate of drug-likeness (QED) is 0.609. The molecule has 0 amide bonds. The fourth-order valence-corrected chi connectivity index (χ4v) is 3.29. The van der Waals surface area contributed by atoms with Crippen LogP contribution in [0.1, 0.15) is 6.92 Å². The van der Waals surface area contributed by atoms with Gasteiger partial charge >= 0.3 is 0 Å². The Labute approximate surface area is 111 Å². The van der Waals surface area contributed by atoms with E-state index in [-0.39, 0.29) is 17.7 Å². The second-order valence-electron chi connectivity index (χ2n) is 4.01. The van der Waals surface area contributed by atoms with Crippen molar-refractivity contribution < 1.29 is 17.9 Å². The second-order valence-corrected chi connectivity index (χ2v) is 5.06. The van der Waals surface area contributed by atoms with Gasteiger partial charge in [0.15, 0.2) is 17.4 Å². The summed E-state index contributed by atoms with van der Waals surface area (Å²) in [5.41, 5.74) is 0. The van der Waals surface area contributed by atoms with Gasteiger partial charge in [-0.1, -0.05) is 18.2 Å². The molecule has 19 heavy (non-hydrogen) atoms. The lowest BCUT2D eigenvalue weighted by atomic mass is 10.1. The van der Waals surface area contributed by atoms with Gasteiger partial charge in [0, 0.05) is 15.5 Å². The number of fused-ring (bicyclic) bond motifs is 3. The zero-order chi connectivity index (χ0) is 13.6. The van der Waals surface area contributed by atoms with Crippen molar-refractivity contribution in [3.63, 3.8) is 0 Å². The molecule has 5 heteroatoms. The first-order chi connectivity index (χ1) is 9.15. The van der Waals surface area contributed by atoms with Crippen LogP contribution in [-0.2, 0) is 0 Å². The summed E-state index contributed by atoms with van der Waals surface area (Å²) in [7, 11) is 0. The van der Waals surface area contributed by atoms with Crippen molar-refractivity contribution in [1.82, 2.24) is 0 Å². The molecule has 0 aliphatic heterocycles. The summed E-state index contributed by atoms with van der Waals surface area (Å²) >= 11 is 1.19. The van der Waals surface area contributed by atoms with Gasteiger partial charge < -0.3 is 4.74 Å². The molecule has 0 spiro atoms. The Kier molecular flexibility index (Phi) is 2.86. The van der Waals surface area contributed by atoms with Crippen LogP contribution >= 0.6 is 11.3 Å². The number of rotatable bonds is 2. The fraction of sp³-hybridized carbons (Fsp3) is 0.143. The van der Waals surface area contributed by atoms with E-state index < -0.39 is 17.5 Å². The lowest BCUT2D eigenvalue weighted by Crippen LogP contribution is -2.00. The molecule has 0 atom stereocenters. The minimum absolute atomic E-state index is 0.0861. The third kappa shape index (κ3) is 1.69. The van der Waals surface area contributed by atoms with Crippen LogP contribution in [0, 0.1) is 17.5 Å². The molecule has 0 aliphatic carbocycles. The van der Waals surface area contributed by atoms with E-state index in [9.17, 15) is 13.2 Å². The first-order valence-corrected chi connectivity index (χ1v) is 6.57. The Bertz CT molecular complexity index is 779. The van der Waals surface area contributed by atoms with E-state index in [1.165, 1.54) is 11.3 Å². The molecular formula is C14H9F3OS. The van der Waals surface area contributed by atoms with Gasteiger partial charge in [-0.25, -0.2) is 8.78 Å². The second kappa shape index (κ2) is 4.42. The highest BCUT2D eigenvalue weighted by Gasteiger charge is 2.24. The normalized spacial score (nSPS) is 11.4. The molecule has 0 saturated heterocycles. The Morgan fingerprint density at radius 1 is 1.05 bits per heavy atom. The van der Waals surface area contributed by atoms with Crippen molar-refractivity contribution in [2.75, 3.05) is 6.61 Å². The van der Waals surface area contributed by atoms with E-state index in [1.807, 2.05) is 0 Å². The summed E-state index contributed by atoms with van der Waals surface area (Å²) in [5.74, 6) is -4.12. The van der Waals surface area contributed by atoms with Crippen LogP contribution in [0.25, 0.3) is 20.2 Å². The maximum Gasteiger partial charge on any atom is 0.205 e. The van der Waals surface area contributed by atoms with E-state index in [0.717, 1.165) is 4.70 Å². The predicted octanol–water partition coefficient (Wildman–Crippen LogP) is 4.87. The lowest BCUT2D eigenvalue weighted by molar-refractivity contribution is 0.315. The molecule has 0 saturated carbocycles. The van der Waals surface area contributed by atoms with E-state index in [2.05, 4.69) is 0 Å². The molecule has 1 nitrogen and oxygen atoms in total. The highest BCUT2D eigenvalue weighted by Crippen LogP contribution is 2.43. The number of hydrogen-bond acceptors (Lipinski definition) is 2. The van der Waals surface area contributed by atoms with Crippen molar-refractivity contribution in [1.29, 1.82) is 0 Å². The van der Waals surface area contributed by atoms with Crippen LogP contribution in [0.5, 0.6) is 5.75 Å². The van der Waals surface area contributed by atoms with Gasteiger partial charge in [-0.05, 0) is 13.0 Å². The van der Waals surface area contributed by atoms with Crippen LogP contribution in [0.3, 0.4) is 0 Å². The van der Waals surface area contributed by atoms with Gasteiger partial charge in [0.05, 0.1) is 11.3 Å². The average Bonchev–Trinajstić information content (AvgIpc) is 2.80. The smallest absolute Gasteiger partial charge is 0.205 e. The maximum atomic E-state index is 14.0. The van der Waals surface area contributed by atoms with Crippen LogP contribution in [0.4, 0.5) is 13.2 Å². The summed E-state index contributed by atoms with van der Waals surface area (Å²) in [6.45, 7) is 1.85. The van der Waals surface area contributed by atoms with E-state index in [0.29, 0.717) is 10.1 Å². The van der Waals surface area contributed by atoms with Crippen LogP contribution in [0.2, 0.25) is 0 Å². The Balaban J connectivity index is 2.54. The molecule has 0 unspecified atom stereocenters. The number of ether oxygens (including phenoxy) is 1. The molecule has 98 valence electrons. The van der Waals surface area contributed by atoms with Gasteiger partial charge in [-0.3, -0.25) is 0 Å². The Morgan fingerprint density at radius 2 is 1.79 bits per heavy atom. The SMILES string of the molecule is CCOc1c(F)c(F)c(F)c2c1sc1ccccc12. The minimum atomic E-state index is -1.49. The highest BCUT2D eigenvalue weighted by atomic mass is 32.1. The Morgan fingerprint density at radius 3 is 2.53 bits per heavy atom. The van der Waals surface area contributed by atoms with Gasteiger partial charge in [-0.2, -0.15) is 4.39 Å². The molecule has 0 N–H and O–H groups in total. The molecule has 1 aromatic heterocycles. The summed E-state index contributed by atoms with van der Waals surface area (Å²) in [6, 6.07) is 6.99. The maximum absolute atomic E-state index is 14.0. The predicted molar refractivity (Wildman–Crippen MR) is 70.4 cm³/mol. The van der Waals surface area contributed by atoms with Gasteiger partial charge in [0.25, 0.3) is 0 Å². The van der Waals surface area contributed by atoms with E-state index >= 15 is 0 Å². The zero-order valence-corrected chi connectivity index (χ0v) is 10.8. The van der Waals surface area contributed by atoms with E-state index in [1.54, 1.807) is 31.2 Å². The van der Waals surface area contributed by atoms with Gasteiger partial charge in [0.1, 0.15) is 0 Å². The van der Waals surface area contributed by atoms with Crippen LogP contribution in [0.15, 0.2) is 24.3 Å². The number of thiophene rings is 1. The zero-order valence-electron chi connectivity index (χ0n) is 9.97. The highest BCUT2D eigenvalue weighted by molar-refractivity contribution is 7.26. The molecule has 0 fully saturated rings.